The molecule has 0 aromatic carbocycles. The minimum atomic E-state index is -0.175. The van der Waals surface area contributed by atoms with Gasteiger partial charge in [-0.2, -0.15) is 0 Å². The number of aliphatic hydroxyl groups excluding tert-OH is 1. The van der Waals surface area contributed by atoms with Gasteiger partial charge in [-0.05, 0) is 26.2 Å². The van der Waals surface area contributed by atoms with Gasteiger partial charge in [-0.1, -0.05) is 19.3 Å². The normalized spacial score (nSPS) is 31.9. The molecule has 1 amide bonds. The molecule has 0 aromatic rings. The average Bonchev–Trinajstić information content (AvgIpc) is 2.35. The summed E-state index contributed by atoms with van der Waals surface area (Å²) in [4.78, 5) is 14.4. The molecule has 1 saturated carbocycles. The Kier molecular flexibility index (Phi) is 4.40. The Morgan fingerprint density at radius 1 is 1.35 bits per heavy atom. The molecular weight excluding hydrogens is 216 g/mol. The number of nitrogens with one attached hydrogen (secondary N) is 1. The molecule has 2 N–H and O–H groups in total. The van der Waals surface area contributed by atoms with Gasteiger partial charge in [0.1, 0.15) is 0 Å². The van der Waals surface area contributed by atoms with Gasteiger partial charge in [0.2, 0.25) is 5.91 Å². The first kappa shape index (κ1) is 12.8. The summed E-state index contributed by atoms with van der Waals surface area (Å²) in [6.45, 7) is 3.02. The van der Waals surface area contributed by atoms with Crippen LogP contribution in [0, 0.1) is 0 Å². The Morgan fingerprint density at radius 3 is 2.71 bits per heavy atom. The molecule has 1 heterocycles. The fourth-order valence-corrected chi connectivity index (χ4v) is 3.11. The third kappa shape index (κ3) is 2.99. The molecule has 0 spiro atoms. The van der Waals surface area contributed by atoms with Crippen LogP contribution in [0.5, 0.6) is 0 Å². The van der Waals surface area contributed by atoms with Crippen molar-refractivity contribution in [3.05, 3.63) is 0 Å². The van der Waals surface area contributed by atoms with E-state index in [1.807, 2.05) is 0 Å². The SMILES string of the molecule is CC1CN(C2CCCCC2)C(=O)C(CCO)N1. The van der Waals surface area contributed by atoms with E-state index in [9.17, 15) is 4.79 Å². The molecule has 2 aliphatic rings. The van der Waals surface area contributed by atoms with Crippen molar-refractivity contribution in [1.82, 2.24) is 10.2 Å². The highest BCUT2D eigenvalue weighted by Crippen LogP contribution is 2.25. The van der Waals surface area contributed by atoms with Gasteiger partial charge in [0.05, 0.1) is 6.04 Å². The van der Waals surface area contributed by atoms with Crippen LogP contribution in [0.3, 0.4) is 0 Å². The lowest BCUT2D eigenvalue weighted by atomic mass is 9.92. The van der Waals surface area contributed by atoms with E-state index in [1.54, 1.807) is 0 Å². The second-order valence-corrected chi connectivity index (χ2v) is 5.42. The molecule has 1 saturated heterocycles. The fraction of sp³-hybridized carbons (Fsp3) is 0.923. The van der Waals surface area contributed by atoms with Crippen LogP contribution in [0.2, 0.25) is 0 Å². The number of nitrogens with zero attached hydrogens (tertiary/aromatic N) is 1. The van der Waals surface area contributed by atoms with Crippen molar-refractivity contribution in [2.75, 3.05) is 13.2 Å². The number of rotatable bonds is 3. The third-order valence-electron chi connectivity index (χ3n) is 3.97. The van der Waals surface area contributed by atoms with Gasteiger partial charge < -0.3 is 15.3 Å². The van der Waals surface area contributed by atoms with E-state index in [0.717, 1.165) is 19.4 Å². The summed E-state index contributed by atoms with van der Waals surface area (Å²) in [6.07, 6.45) is 6.66. The number of hydrogen-bond donors (Lipinski definition) is 2. The first-order chi connectivity index (χ1) is 8.22. The van der Waals surface area contributed by atoms with Crippen LogP contribution < -0.4 is 5.32 Å². The average molecular weight is 240 g/mol. The van der Waals surface area contributed by atoms with Crippen LogP contribution in [0.4, 0.5) is 0 Å². The molecule has 2 rings (SSSR count). The minimum Gasteiger partial charge on any atom is -0.396 e. The number of hydrogen-bond acceptors (Lipinski definition) is 3. The number of amides is 1. The Labute approximate surface area is 103 Å². The molecule has 0 bridgehead atoms. The van der Waals surface area contributed by atoms with Gasteiger partial charge in [-0.3, -0.25) is 4.79 Å². The lowest BCUT2D eigenvalue weighted by molar-refractivity contribution is -0.140. The number of aliphatic hydroxyl groups is 1. The summed E-state index contributed by atoms with van der Waals surface area (Å²) in [6, 6.07) is 0.610. The number of carbonyl (C=O) groups excluding carboxylic acids is 1. The second-order valence-electron chi connectivity index (χ2n) is 5.42. The van der Waals surface area contributed by atoms with Crippen molar-refractivity contribution in [3.8, 4) is 0 Å². The number of piperazine rings is 1. The molecular formula is C13H24N2O2. The van der Waals surface area contributed by atoms with Gasteiger partial charge in [0.15, 0.2) is 0 Å². The zero-order valence-electron chi connectivity index (χ0n) is 10.7. The van der Waals surface area contributed by atoms with E-state index in [-0.39, 0.29) is 18.6 Å². The second kappa shape index (κ2) is 5.83. The van der Waals surface area contributed by atoms with E-state index >= 15 is 0 Å². The highest BCUT2D eigenvalue weighted by molar-refractivity contribution is 5.83. The molecule has 1 aliphatic carbocycles. The largest absolute Gasteiger partial charge is 0.396 e. The molecule has 2 atom stereocenters. The molecule has 17 heavy (non-hydrogen) atoms. The van der Waals surface area contributed by atoms with Crippen LogP contribution >= 0.6 is 0 Å². The van der Waals surface area contributed by atoms with Gasteiger partial charge in [0, 0.05) is 25.2 Å². The molecule has 0 radical (unpaired) electrons. The minimum absolute atomic E-state index is 0.0780. The predicted molar refractivity (Wildman–Crippen MR) is 66.7 cm³/mol. The van der Waals surface area contributed by atoms with Gasteiger partial charge >= 0.3 is 0 Å². The summed E-state index contributed by atoms with van der Waals surface area (Å²) in [7, 11) is 0. The quantitative estimate of drug-likeness (QED) is 0.770. The standard InChI is InChI=1S/C13H24N2O2/c1-10-9-15(11-5-3-2-4-6-11)13(17)12(14-10)7-8-16/h10-12,14,16H,2-9H2,1H3. The van der Waals surface area contributed by atoms with Gasteiger partial charge in [-0.25, -0.2) is 0 Å². The monoisotopic (exact) mass is 240 g/mol. The van der Waals surface area contributed by atoms with E-state index in [4.69, 9.17) is 5.11 Å². The molecule has 0 aromatic heterocycles. The Hall–Kier alpha value is -0.610. The van der Waals surface area contributed by atoms with E-state index in [2.05, 4.69) is 17.1 Å². The first-order valence-corrected chi connectivity index (χ1v) is 6.89. The topological polar surface area (TPSA) is 52.6 Å². The van der Waals surface area contributed by atoms with Crippen LogP contribution in [-0.4, -0.2) is 47.2 Å². The lowest BCUT2D eigenvalue weighted by Crippen LogP contribution is -2.61. The van der Waals surface area contributed by atoms with Gasteiger partial charge in [-0.15, -0.1) is 0 Å². The summed E-state index contributed by atoms with van der Waals surface area (Å²) < 4.78 is 0. The van der Waals surface area contributed by atoms with Crippen LogP contribution in [-0.2, 0) is 4.79 Å². The highest BCUT2D eigenvalue weighted by atomic mass is 16.3. The molecule has 1 aliphatic heterocycles. The van der Waals surface area contributed by atoms with Crippen molar-refractivity contribution in [1.29, 1.82) is 0 Å². The van der Waals surface area contributed by atoms with Crippen molar-refractivity contribution in [3.63, 3.8) is 0 Å². The van der Waals surface area contributed by atoms with Crippen molar-refractivity contribution < 1.29 is 9.90 Å². The molecule has 4 nitrogen and oxygen atoms in total. The zero-order chi connectivity index (χ0) is 12.3. The van der Waals surface area contributed by atoms with Crippen molar-refractivity contribution >= 4 is 5.91 Å². The molecule has 4 heteroatoms. The zero-order valence-corrected chi connectivity index (χ0v) is 10.7. The highest BCUT2D eigenvalue weighted by Gasteiger charge is 2.35. The van der Waals surface area contributed by atoms with Gasteiger partial charge in [0.25, 0.3) is 0 Å². The summed E-state index contributed by atoms with van der Waals surface area (Å²) in [5.41, 5.74) is 0. The lowest BCUT2D eigenvalue weighted by Gasteiger charge is -2.42. The van der Waals surface area contributed by atoms with E-state index in [1.165, 1.54) is 19.3 Å². The molecule has 98 valence electrons. The maximum Gasteiger partial charge on any atom is 0.240 e. The smallest absolute Gasteiger partial charge is 0.240 e. The summed E-state index contributed by atoms with van der Waals surface area (Å²) in [5, 5.41) is 12.3. The van der Waals surface area contributed by atoms with Crippen LogP contribution in [0.15, 0.2) is 0 Å². The molecule has 2 unspecified atom stereocenters. The Bertz CT molecular complexity index is 264. The maximum atomic E-state index is 12.3. The van der Waals surface area contributed by atoms with Crippen molar-refractivity contribution in [2.45, 2.75) is 63.6 Å². The molecule has 2 fully saturated rings. The Balaban J connectivity index is 2.01. The fourth-order valence-electron chi connectivity index (χ4n) is 3.11. The summed E-state index contributed by atoms with van der Waals surface area (Å²) >= 11 is 0. The van der Waals surface area contributed by atoms with Crippen molar-refractivity contribution in [2.24, 2.45) is 0 Å². The third-order valence-corrected chi connectivity index (χ3v) is 3.97. The Morgan fingerprint density at radius 2 is 2.06 bits per heavy atom. The number of carbonyl (C=O) groups is 1. The predicted octanol–water partition coefficient (Wildman–Crippen LogP) is 0.890. The van der Waals surface area contributed by atoms with Crippen LogP contribution in [0.25, 0.3) is 0 Å². The van der Waals surface area contributed by atoms with E-state index in [0.29, 0.717) is 18.5 Å². The summed E-state index contributed by atoms with van der Waals surface area (Å²) in [5.74, 6) is 0.198. The first-order valence-electron chi connectivity index (χ1n) is 6.89. The van der Waals surface area contributed by atoms with Crippen LogP contribution in [0.1, 0.15) is 45.4 Å². The maximum absolute atomic E-state index is 12.3. The van der Waals surface area contributed by atoms with E-state index < -0.39 is 0 Å².